The molecule has 2 aliphatic carbocycles. The summed E-state index contributed by atoms with van der Waals surface area (Å²) in [4.78, 5) is 4.75. The van der Waals surface area contributed by atoms with Crippen molar-refractivity contribution in [3.63, 3.8) is 0 Å². The first-order valence-corrected chi connectivity index (χ1v) is 27.5. The van der Waals surface area contributed by atoms with Crippen LogP contribution in [-0.2, 0) is 28.0 Å². The second-order valence-corrected chi connectivity index (χ2v) is 22.5. The third kappa shape index (κ3) is 9.83. The molecule has 0 unspecified atom stereocenters. The van der Waals surface area contributed by atoms with Crippen molar-refractivity contribution >= 4 is 32.8 Å². The lowest BCUT2D eigenvalue weighted by Crippen LogP contribution is -2.34. The van der Waals surface area contributed by atoms with E-state index < -0.39 is 200 Å². The van der Waals surface area contributed by atoms with Crippen LogP contribution in [0.3, 0.4) is 0 Å². The van der Waals surface area contributed by atoms with Crippen LogP contribution >= 0.6 is 0 Å². The number of imidazole rings is 1. The van der Waals surface area contributed by atoms with Gasteiger partial charge in [-0.1, -0.05) is 221 Å². The summed E-state index contributed by atoms with van der Waals surface area (Å²) in [5, 5.41) is 1.50. The molecule has 12 aromatic rings. The molecule has 0 bridgehead atoms. The summed E-state index contributed by atoms with van der Waals surface area (Å²) < 4.78 is 388. The van der Waals surface area contributed by atoms with E-state index in [1.807, 2.05) is 34.9 Å². The molecule has 0 amide bonds. The van der Waals surface area contributed by atoms with Gasteiger partial charge in [0, 0.05) is 69.6 Å². The van der Waals surface area contributed by atoms with Crippen LogP contribution in [0.25, 0.3) is 94.5 Å². The number of para-hydroxylation sites is 2. The second-order valence-electron chi connectivity index (χ2n) is 22.5. The average molecular weight is 1160 g/mol. The quantitative estimate of drug-likeness (QED) is 0.101. The van der Waals surface area contributed by atoms with E-state index in [-0.39, 0.29) is 28.2 Å². The molecule has 0 saturated heterocycles. The minimum atomic E-state index is -4.89. The largest absolute Gasteiger partial charge is 0.458 e. The summed E-state index contributed by atoms with van der Waals surface area (Å²) in [5.74, 6) is 0.597. The highest BCUT2D eigenvalue weighted by molar-refractivity contribution is 6.09. The van der Waals surface area contributed by atoms with Crippen LogP contribution in [0.4, 0.5) is 0 Å². The standard InChI is InChI=1S/C81H78N4O/c1-77(2,3)51-53-37-42-82-75(43-53)85-71-28-19-18-25-65(71)66-33-32-61(50-73(66)85)86-62-45-59(55-23-16-13-17-24-55)44-60(49-62)83-52-84(72-36-31-56(48-74(72)83)54-21-14-12-15-22-54)76-63(57-29-34-67-69(46-57)80(8,9)40-38-78(67,4)5)26-20-27-64(76)58-30-35-68-70(47-58)81(10,11)41-39-79(68,6)7/h12-37,42-50H,38-41,51H2,1-11H3/i4D3,5D3,6D3,7D3,8D3,9D3,10D3,11D3,29D,30D,34D,35D,38D2,39D2,40D2,41D2,46D,47D,51D2. The van der Waals surface area contributed by atoms with Crippen molar-refractivity contribution in [2.45, 2.75) is 129 Å². The Bertz CT molecular complexity index is 6190. The number of fused-ring (bicyclic) bond motifs is 6. The number of pyridine rings is 1. The van der Waals surface area contributed by atoms with E-state index in [1.165, 1.54) is 29.0 Å². The van der Waals surface area contributed by atoms with Crippen molar-refractivity contribution in [2.75, 3.05) is 0 Å². The van der Waals surface area contributed by atoms with E-state index in [9.17, 15) is 38.4 Å². The fourth-order valence-electron chi connectivity index (χ4n) is 11.3. The Kier molecular flexibility index (Phi) is 6.28. The molecule has 0 saturated carbocycles. The molecule has 14 rings (SSSR count). The van der Waals surface area contributed by atoms with Crippen LogP contribution in [0, 0.1) is 11.7 Å². The predicted molar refractivity (Wildman–Crippen MR) is 358 cm³/mol. The molecule has 5 nitrogen and oxygen atoms in total. The minimum absolute atomic E-state index is 0.00354. The lowest BCUT2D eigenvalue weighted by Gasteiger charge is -2.42. The summed E-state index contributed by atoms with van der Waals surface area (Å²) >= 11 is 0. The normalized spacial score (nSPS) is 26.4. The highest BCUT2D eigenvalue weighted by Gasteiger charge is 2.39. The van der Waals surface area contributed by atoms with Crippen molar-refractivity contribution in [1.82, 2.24) is 14.1 Å². The van der Waals surface area contributed by atoms with Crippen LogP contribution < -0.4 is 9.30 Å². The first kappa shape index (κ1) is 26.4. The molecule has 0 N–H and O–H groups in total. The smallest absolute Gasteiger partial charge is 0.269 e. The van der Waals surface area contributed by atoms with E-state index in [2.05, 4.69) is 6.33 Å². The third-order valence-electron chi connectivity index (χ3n) is 15.2. The van der Waals surface area contributed by atoms with Gasteiger partial charge in [0.05, 0.1) is 41.7 Å². The van der Waals surface area contributed by atoms with Crippen molar-refractivity contribution < 1.29 is 64.1 Å². The lowest BCUT2D eigenvalue weighted by molar-refractivity contribution is -0.571. The van der Waals surface area contributed by atoms with Gasteiger partial charge in [-0.2, -0.15) is 0 Å². The fraction of sp³-hybridized carbons (Fsp3) is 0.259. The molecule has 9 aromatic carbocycles. The summed E-state index contributed by atoms with van der Waals surface area (Å²) in [7, 11) is 0. The van der Waals surface area contributed by atoms with E-state index in [0.29, 0.717) is 44.7 Å². The van der Waals surface area contributed by atoms with Crippen molar-refractivity contribution in [1.29, 1.82) is 0 Å². The Morgan fingerprint density at radius 2 is 1.13 bits per heavy atom. The molecule has 3 heterocycles. The van der Waals surface area contributed by atoms with Crippen LogP contribution in [0.2, 0.25) is 0 Å². The van der Waals surface area contributed by atoms with E-state index in [1.54, 1.807) is 124 Å². The maximum atomic E-state index is 10.6. The highest BCUT2D eigenvalue weighted by Crippen LogP contribution is 2.50. The molecule has 5 heteroatoms. The summed E-state index contributed by atoms with van der Waals surface area (Å²) in [6, 6.07) is 34.6. The minimum Gasteiger partial charge on any atom is -0.458 e. The number of rotatable bonds is 10. The van der Waals surface area contributed by atoms with Gasteiger partial charge in [0.15, 0.2) is 0 Å². The molecule has 0 spiro atoms. The number of ether oxygens (including phenoxy) is 1. The van der Waals surface area contributed by atoms with Gasteiger partial charge in [0.1, 0.15) is 17.3 Å². The molecule has 0 aliphatic heterocycles. The number of hydrogen-bond acceptors (Lipinski definition) is 2. The summed E-state index contributed by atoms with van der Waals surface area (Å²) in [6.07, 6.45) is -16.6. The zero-order valence-electron chi connectivity index (χ0n) is 86.4. The van der Waals surface area contributed by atoms with Crippen molar-refractivity contribution in [3.05, 3.63) is 246 Å². The maximum absolute atomic E-state index is 10.6. The Hall–Kier alpha value is -8.80. The fourth-order valence-corrected chi connectivity index (χ4v) is 11.3. The summed E-state index contributed by atoms with van der Waals surface area (Å²) in [6.45, 7) is -31.4. The van der Waals surface area contributed by atoms with Crippen LogP contribution in [0.1, 0.15) is 184 Å². The second kappa shape index (κ2) is 20.4. The van der Waals surface area contributed by atoms with Gasteiger partial charge >= 0.3 is 0 Å². The molecule has 0 atom stereocenters. The number of benzene rings is 9. The zero-order valence-corrected chi connectivity index (χ0v) is 46.4. The van der Waals surface area contributed by atoms with E-state index in [0.717, 1.165) is 33.5 Å². The first-order chi connectivity index (χ1) is 57.6. The average Bonchev–Trinajstić information content (AvgIpc) is 0.702. The van der Waals surface area contributed by atoms with Gasteiger partial charge in [-0.05, 0) is 186 Å². The monoisotopic (exact) mass is 1160 g/mol. The third-order valence-corrected chi connectivity index (χ3v) is 15.2. The number of aromatic nitrogens is 4. The molecule has 2 aliphatic rings. The zero-order chi connectivity index (χ0) is 93.7. The van der Waals surface area contributed by atoms with Gasteiger partial charge < -0.3 is 4.74 Å². The number of nitrogens with zero attached hydrogens (tertiary/aromatic N) is 4. The first-order valence-electron chi connectivity index (χ1n) is 47.5. The van der Waals surface area contributed by atoms with Gasteiger partial charge in [-0.3, -0.25) is 13.7 Å². The SMILES string of the molecule is [2H]c1c([2H])c2c(c([2H])c1-c1cccc(-c3c([2H])c([2H])c4c(c3[2H])C(C([2H])([2H])[2H])(C([2H])([2H])[2H])C([2H])([2H])C([2H])([2H])C4(C([2H])([2H])[2H])C([2H])([2H])[2H])c1-[n+]1[c-]n(-c3cc(Oc4ccc5c6ccccc6n(-c6cc(C([2H])([2H])C(C)(C)C)ccn6)c5c4)cc(-c4ccccc4)c3)c3cc(-c4ccccc4)ccc31)C(C([2H])([2H])[2H])(C([2H])([2H])[2H])C([2H])([2H])C([2H])([2H])C2(C([2H])([2H])[2H])C([2H])([2H])[2H]. The van der Waals surface area contributed by atoms with Crippen LogP contribution in [0.15, 0.2) is 212 Å². The molecular weight excluding hydrogens is 1040 g/mol. The Morgan fingerprint density at radius 3 is 1.76 bits per heavy atom. The van der Waals surface area contributed by atoms with Crippen molar-refractivity contribution in [2.24, 2.45) is 5.41 Å². The Morgan fingerprint density at radius 1 is 0.535 bits per heavy atom. The van der Waals surface area contributed by atoms with Crippen molar-refractivity contribution in [3.8, 4) is 73.2 Å². The number of hydrogen-bond donors (Lipinski definition) is 0. The Labute approximate surface area is 564 Å². The maximum Gasteiger partial charge on any atom is 0.269 e. The topological polar surface area (TPSA) is 35.9 Å². The molecule has 428 valence electrons. The molecule has 0 radical (unpaired) electrons. The van der Waals surface area contributed by atoms with E-state index >= 15 is 0 Å². The molecule has 3 aromatic heterocycles. The summed E-state index contributed by atoms with van der Waals surface area (Å²) in [5.41, 5.74) is -29.7. The van der Waals surface area contributed by atoms with Gasteiger partial charge in [-0.15, -0.1) is 0 Å². The van der Waals surface area contributed by atoms with Crippen LogP contribution in [-0.4, -0.2) is 14.1 Å². The van der Waals surface area contributed by atoms with Gasteiger partial charge in [0.25, 0.3) is 6.33 Å². The van der Waals surface area contributed by atoms with Gasteiger partial charge in [0.2, 0.25) is 0 Å². The molecule has 86 heavy (non-hydrogen) atoms. The lowest BCUT2D eigenvalue weighted by atomic mass is 9.62. The predicted octanol–water partition coefficient (Wildman–Crippen LogP) is 20.9. The van der Waals surface area contributed by atoms with Crippen LogP contribution in [0.5, 0.6) is 11.5 Å². The highest BCUT2D eigenvalue weighted by atomic mass is 16.5. The van der Waals surface area contributed by atoms with E-state index in [4.69, 9.17) is 26.2 Å². The Balaban J connectivity index is 1.18. The van der Waals surface area contributed by atoms with Gasteiger partial charge in [-0.25, -0.2) is 4.98 Å². The molecular formula is C81H78N4O. The molecule has 0 fully saturated rings.